The molecule has 1 aliphatic heterocycles. The summed E-state index contributed by atoms with van der Waals surface area (Å²) in [5, 5.41) is 3.49. The van der Waals surface area contributed by atoms with Crippen molar-refractivity contribution in [3.8, 4) is 0 Å². The molecule has 2 aromatic rings. The van der Waals surface area contributed by atoms with Crippen molar-refractivity contribution >= 4 is 38.6 Å². The molecule has 2 aromatic heterocycles. The maximum atomic E-state index is 12.7. The van der Waals surface area contributed by atoms with Crippen molar-refractivity contribution in [2.24, 2.45) is 10.7 Å². The number of hydrogen-bond acceptors (Lipinski definition) is 7. The van der Waals surface area contributed by atoms with E-state index in [1.54, 1.807) is 13.0 Å². The highest BCUT2D eigenvalue weighted by molar-refractivity contribution is 7.93. The Morgan fingerprint density at radius 1 is 1.26 bits per heavy atom. The number of nitrogens with one attached hydrogen (secondary N) is 1. The average molecular weight is 495 g/mol. The van der Waals surface area contributed by atoms with Crippen molar-refractivity contribution in [3.63, 3.8) is 0 Å². The number of nitrogens with zero attached hydrogens (tertiary/aromatic N) is 2. The number of amidine groups is 1. The van der Waals surface area contributed by atoms with Crippen LogP contribution >= 0.6 is 22.9 Å². The molecule has 0 bridgehead atoms. The number of pyridine rings is 1. The van der Waals surface area contributed by atoms with Crippen LogP contribution in [0.4, 0.5) is 13.2 Å². The van der Waals surface area contributed by atoms with Crippen molar-refractivity contribution in [1.29, 1.82) is 0 Å². The Morgan fingerprint density at radius 3 is 2.48 bits per heavy atom. The number of aliphatic imine (C=N–C) groups is 1. The highest BCUT2D eigenvalue weighted by Gasteiger charge is 2.49. The van der Waals surface area contributed by atoms with Gasteiger partial charge in [0.2, 0.25) is 0 Å². The van der Waals surface area contributed by atoms with Gasteiger partial charge in [0, 0.05) is 24.2 Å². The summed E-state index contributed by atoms with van der Waals surface area (Å²) in [6.07, 6.45) is -3.63. The molecular weight excluding hydrogens is 473 g/mol. The van der Waals surface area contributed by atoms with E-state index in [4.69, 9.17) is 17.3 Å². The smallest absolute Gasteiger partial charge is 0.386 e. The summed E-state index contributed by atoms with van der Waals surface area (Å²) in [4.78, 5) is 9.72. The third-order valence-corrected chi connectivity index (χ3v) is 9.72. The molecular formula is C19H22ClF3N4O2S2. The molecule has 3 N–H and O–H groups in total. The molecule has 0 radical (unpaired) electrons. The number of rotatable bonds is 5. The number of nitrogens with two attached hydrogens (primary N) is 1. The summed E-state index contributed by atoms with van der Waals surface area (Å²) in [7, 11) is -3.55. The average Bonchev–Trinajstić information content (AvgIpc) is 3.01. The van der Waals surface area contributed by atoms with Gasteiger partial charge in [-0.05, 0) is 39.0 Å². The van der Waals surface area contributed by atoms with Crippen LogP contribution in [-0.4, -0.2) is 29.7 Å². The molecule has 6 nitrogen and oxygen atoms in total. The van der Waals surface area contributed by atoms with Crippen LogP contribution in [0.2, 0.25) is 5.02 Å². The van der Waals surface area contributed by atoms with Crippen LogP contribution in [0.3, 0.4) is 0 Å². The van der Waals surface area contributed by atoms with Crippen molar-refractivity contribution in [2.75, 3.05) is 5.75 Å². The van der Waals surface area contributed by atoms with Gasteiger partial charge in [-0.3, -0.25) is 9.98 Å². The fourth-order valence-electron chi connectivity index (χ4n) is 3.14. The Balaban J connectivity index is 1.72. The van der Waals surface area contributed by atoms with E-state index in [-0.39, 0.29) is 18.1 Å². The largest absolute Gasteiger partial charge is 0.417 e. The third kappa shape index (κ3) is 4.74. The molecule has 12 heteroatoms. The summed E-state index contributed by atoms with van der Waals surface area (Å²) in [6, 6.07) is 4.02. The van der Waals surface area contributed by atoms with E-state index in [0.717, 1.165) is 17.1 Å². The van der Waals surface area contributed by atoms with E-state index in [2.05, 4.69) is 15.3 Å². The first kappa shape index (κ1) is 24.0. The monoisotopic (exact) mass is 494 g/mol. The Morgan fingerprint density at radius 2 is 1.94 bits per heavy atom. The zero-order chi connectivity index (χ0) is 23.2. The Hall–Kier alpha value is -1.69. The maximum absolute atomic E-state index is 12.7. The predicted molar refractivity (Wildman–Crippen MR) is 116 cm³/mol. The Kier molecular flexibility index (Phi) is 6.20. The molecule has 170 valence electrons. The summed E-state index contributed by atoms with van der Waals surface area (Å²) < 4.78 is 62.1. The molecule has 0 unspecified atom stereocenters. The number of thiophene rings is 1. The van der Waals surface area contributed by atoms with E-state index in [1.165, 1.54) is 31.3 Å². The van der Waals surface area contributed by atoms with Crippen molar-refractivity contribution in [2.45, 2.75) is 50.3 Å². The minimum atomic E-state index is -4.42. The number of alkyl halides is 3. The molecule has 3 rings (SSSR count). The van der Waals surface area contributed by atoms with E-state index >= 15 is 0 Å². The van der Waals surface area contributed by atoms with E-state index in [9.17, 15) is 21.6 Å². The lowest BCUT2D eigenvalue weighted by molar-refractivity contribution is -0.137. The van der Waals surface area contributed by atoms with Crippen LogP contribution in [0.15, 0.2) is 29.4 Å². The SMILES string of the molecule is CC1(C)C(N)=N[C@](C)(c2sc(CNCc3ccc(C(F)(F)F)cn3)cc2Cl)CS1(=O)=O. The minimum Gasteiger partial charge on any atom is -0.386 e. The van der Waals surface area contributed by atoms with Gasteiger partial charge in [0.1, 0.15) is 16.1 Å². The maximum Gasteiger partial charge on any atom is 0.417 e. The van der Waals surface area contributed by atoms with Crippen LogP contribution < -0.4 is 11.1 Å². The quantitative estimate of drug-likeness (QED) is 0.657. The van der Waals surface area contributed by atoms with E-state index < -0.39 is 31.9 Å². The van der Waals surface area contributed by atoms with Crippen LogP contribution in [0, 0.1) is 0 Å². The molecule has 0 amide bonds. The zero-order valence-corrected chi connectivity index (χ0v) is 19.4. The third-order valence-electron chi connectivity index (χ3n) is 5.22. The van der Waals surface area contributed by atoms with E-state index in [0.29, 0.717) is 22.1 Å². The molecule has 0 aromatic carbocycles. The summed E-state index contributed by atoms with van der Waals surface area (Å²) >= 11 is 7.71. The highest BCUT2D eigenvalue weighted by Crippen LogP contribution is 2.43. The standard InChI is InChI=1S/C19H22ClF3N4O2S2/c1-17(2)16(24)27-18(3,10-31(17,28)29)15-14(20)6-13(30-15)9-25-8-12-5-4-11(7-26-12)19(21,22)23/h4-7,25H,8-10H2,1-3H3,(H2,24,27)/t18-/m0/s1. The van der Waals surface area contributed by atoms with Crippen molar-refractivity contribution in [1.82, 2.24) is 10.3 Å². The lowest BCUT2D eigenvalue weighted by Gasteiger charge is -2.37. The Bertz CT molecular complexity index is 1110. The lowest BCUT2D eigenvalue weighted by Crippen LogP contribution is -2.54. The van der Waals surface area contributed by atoms with Gasteiger partial charge >= 0.3 is 6.18 Å². The molecule has 0 fully saturated rings. The molecule has 1 atom stereocenters. The van der Waals surface area contributed by atoms with Crippen molar-refractivity contribution in [3.05, 3.63) is 50.4 Å². The fourth-order valence-corrected chi connectivity index (χ4v) is 6.53. The van der Waals surface area contributed by atoms with Gasteiger partial charge in [0.05, 0.1) is 26.9 Å². The van der Waals surface area contributed by atoms with Gasteiger partial charge in [-0.2, -0.15) is 13.2 Å². The van der Waals surface area contributed by atoms with Gasteiger partial charge in [-0.1, -0.05) is 11.6 Å². The molecule has 3 heterocycles. The number of aromatic nitrogens is 1. The topological polar surface area (TPSA) is 97.4 Å². The van der Waals surface area contributed by atoms with Crippen LogP contribution in [0.5, 0.6) is 0 Å². The molecule has 0 aliphatic carbocycles. The molecule has 1 aliphatic rings. The van der Waals surface area contributed by atoms with Gasteiger partial charge < -0.3 is 11.1 Å². The fraction of sp³-hybridized carbons (Fsp3) is 0.474. The minimum absolute atomic E-state index is 0.0405. The van der Waals surface area contributed by atoms with Crippen LogP contribution in [-0.2, 0) is 34.6 Å². The second-order valence-corrected chi connectivity index (χ2v) is 12.2. The first-order valence-corrected chi connectivity index (χ1v) is 12.1. The molecule has 0 spiro atoms. The molecule has 31 heavy (non-hydrogen) atoms. The number of halogens is 4. The van der Waals surface area contributed by atoms with Gasteiger partial charge in [0.25, 0.3) is 0 Å². The second-order valence-electron chi connectivity index (χ2n) is 8.07. The first-order chi connectivity index (χ1) is 14.2. The lowest BCUT2D eigenvalue weighted by atomic mass is 10.0. The molecule has 0 saturated heterocycles. The van der Waals surface area contributed by atoms with Crippen molar-refractivity contribution < 1.29 is 21.6 Å². The van der Waals surface area contributed by atoms with Gasteiger partial charge in [0.15, 0.2) is 9.84 Å². The normalized spacial score (nSPS) is 22.9. The Labute approximate surface area is 187 Å². The summed E-state index contributed by atoms with van der Waals surface area (Å²) in [5.41, 5.74) is 4.55. The van der Waals surface area contributed by atoms with Crippen LogP contribution in [0.1, 0.15) is 41.8 Å². The highest BCUT2D eigenvalue weighted by atomic mass is 35.5. The number of sulfone groups is 1. The second kappa shape index (κ2) is 8.02. The summed E-state index contributed by atoms with van der Waals surface area (Å²) in [6.45, 7) is 5.38. The first-order valence-electron chi connectivity index (χ1n) is 9.25. The zero-order valence-electron chi connectivity index (χ0n) is 17.0. The van der Waals surface area contributed by atoms with E-state index in [1.807, 2.05) is 0 Å². The van der Waals surface area contributed by atoms with Crippen LogP contribution in [0.25, 0.3) is 0 Å². The number of hydrogen-bond donors (Lipinski definition) is 2. The van der Waals surface area contributed by atoms with Gasteiger partial charge in [-0.25, -0.2) is 8.42 Å². The molecule has 0 saturated carbocycles. The summed E-state index contributed by atoms with van der Waals surface area (Å²) in [5.74, 6) is -0.172. The van der Waals surface area contributed by atoms with Gasteiger partial charge in [-0.15, -0.1) is 11.3 Å². The predicted octanol–water partition coefficient (Wildman–Crippen LogP) is 3.88.